The van der Waals surface area contributed by atoms with Gasteiger partial charge in [-0.2, -0.15) is 5.10 Å². The summed E-state index contributed by atoms with van der Waals surface area (Å²) < 4.78 is 0. The molecule has 0 fully saturated rings. The average molecular weight is 271 g/mol. The second-order valence-corrected chi connectivity index (χ2v) is 4.07. The van der Waals surface area contributed by atoms with Crippen LogP contribution in [0.1, 0.15) is 11.1 Å². The Morgan fingerprint density at radius 3 is 2.35 bits per heavy atom. The van der Waals surface area contributed by atoms with Crippen LogP contribution < -0.4 is 5.43 Å². The normalized spacial score (nSPS) is 10.7. The zero-order valence-corrected chi connectivity index (χ0v) is 10.6. The minimum absolute atomic E-state index is 0.00629. The molecule has 0 saturated carbocycles. The number of non-ortho nitro benzene ring substituents is 1. The third-order valence-corrected chi connectivity index (χ3v) is 2.65. The van der Waals surface area contributed by atoms with E-state index in [9.17, 15) is 10.1 Å². The first kappa shape index (κ1) is 13.7. The van der Waals surface area contributed by atoms with Gasteiger partial charge in [-0.15, -0.1) is 0 Å². The Kier molecular flexibility index (Phi) is 4.41. The van der Waals surface area contributed by atoms with E-state index in [0.717, 1.165) is 16.8 Å². The highest BCUT2D eigenvalue weighted by molar-refractivity contribution is 5.80. The van der Waals surface area contributed by atoms with Crippen molar-refractivity contribution in [3.8, 4) is 0 Å². The van der Waals surface area contributed by atoms with E-state index in [1.165, 1.54) is 12.1 Å². The topological polar surface area (TPSA) is 87.8 Å². The molecular weight excluding hydrogens is 258 g/mol. The number of nitro benzene ring substituents is 1. The summed E-state index contributed by atoms with van der Waals surface area (Å²) in [7, 11) is 0. The monoisotopic (exact) mass is 271 g/mol. The summed E-state index contributed by atoms with van der Waals surface area (Å²) in [5, 5.41) is 23.5. The number of hydrogen-bond donors (Lipinski definition) is 2. The number of aliphatic hydroxyl groups excluding tert-OH is 1. The van der Waals surface area contributed by atoms with Crippen LogP contribution in [0.3, 0.4) is 0 Å². The van der Waals surface area contributed by atoms with Crippen molar-refractivity contribution in [2.45, 2.75) is 6.61 Å². The molecule has 2 aromatic rings. The Hall–Kier alpha value is -2.73. The summed E-state index contributed by atoms with van der Waals surface area (Å²) in [4.78, 5) is 10.1. The summed E-state index contributed by atoms with van der Waals surface area (Å²) in [5.41, 5.74) is 5.27. The lowest BCUT2D eigenvalue weighted by molar-refractivity contribution is -0.384. The lowest BCUT2D eigenvalue weighted by atomic mass is 10.2. The number of benzene rings is 2. The highest BCUT2D eigenvalue weighted by Crippen LogP contribution is 2.11. The Labute approximate surface area is 115 Å². The van der Waals surface area contributed by atoms with E-state index < -0.39 is 4.92 Å². The van der Waals surface area contributed by atoms with E-state index in [4.69, 9.17) is 5.11 Å². The van der Waals surface area contributed by atoms with Crippen LogP contribution in [-0.2, 0) is 6.61 Å². The SMILES string of the molecule is O=[N+]([O-])c1ccc(/C=N/Nc2ccc(CO)cc2)cc1. The third kappa shape index (κ3) is 3.63. The molecule has 0 spiro atoms. The molecule has 2 rings (SSSR count). The Morgan fingerprint density at radius 2 is 1.80 bits per heavy atom. The molecule has 0 atom stereocenters. The predicted octanol–water partition coefficient (Wildman–Crippen LogP) is 2.53. The molecule has 102 valence electrons. The van der Waals surface area contributed by atoms with Crippen molar-refractivity contribution in [3.05, 3.63) is 69.8 Å². The molecule has 0 unspecified atom stereocenters. The molecule has 2 N–H and O–H groups in total. The van der Waals surface area contributed by atoms with Gasteiger partial charge in [0.1, 0.15) is 0 Å². The van der Waals surface area contributed by atoms with Gasteiger partial charge in [-0.1, -0.05) is 12.1 Å². The summed E-state index contributed by atoms with van der Waals surface area (Å²) in [6.45, 7) is 0.00629. The van der Waals surface area contributed by atoms with E-state index in [2.05, 4.69) is 10.5 Å². The molecule has 6 heteroatoms. The predicted molar refractivity (Wildman–Crippen MR) is 76.7 cm³/mol. The molecule has 0 amide bonds. The van der Waals surface area contributed by atoms with Gasteiger partial charge < -0.3 is 5.11 Å². The number of rotatable bonds is 5. The number of hydrogen-bond acceptors (Lipinski definition) is 5. The smallest absolute Gasteiger partial charge is 0.269 e. The van der Waals surface area contributed by atoms with Gasteiger partial charge in [0.2, 0.25) is 0 Å². The minimum atomic E-state index is -0.443. The van der Waals surface area contributed by atoms with Gasteiger partial charge in [-0.3, -0.25) is 15.5 Å². The van der Waals surface area contributed by atoms with Gasteiger partial charge in [-0.05, 0) is 35.4 Å². The largest absolute Gasteiger partial charge is 0.392 e. The lowest BCUT2D eigenvalue weighted by Crippen LogP contribution is -1.92. The van der Waals surface area contributed by atoms with E-state index >= 15 is 0 Å². The molecule has 2 aromatic carbocycles. The number of hydrazone groups is 1. The molecule has 0 aliphatic carbocycles. The first-order chi connectivity index (χ1) is 9.69. The fourth-order valence-corrected chi connectivity index (χ4v) is 1.55. The maximum Gasteiger partial charge on any atom is 0.269 e. The van der Waals surface area contributed by atoms with Crippen LogP contribution in [0, 0.1) is 10.1 Å². The minimum Gasteiger partial charge on any atom is -0.392 e. The van der Waals surface area contributed by atoms with Crippen molar-refractivity contribution in [2.24, 2.45) is 5.10 Å². The van der Waals surface area contributed by atoms with Gasteiger partial charge in [0, 0.05) is 12.1 Å². The van der Waals surface area contributed by atoms with Crippen molar-refractivity contribution < 1.29 is 10.0 Å². The van der Waals surface area contributed by atoms with Gasteiger partial charge in [0.05, 0.1) is 23.4 Å². The number of nitrogens with one attached hydrogen (secondary N) is 1. The molecule has 0 heterocycles. The first-order valence-electron chi connectivity index (χ1n) is 5.92. The van der Waals surface area contributed by atoms with E-state index in [1.54, 1.807) is 42.6 Å². The molecule has 0 bridgehead atoms. The summed E-state index contributed by atoms with van der Waals surface area (Å²) in [6.07, 6.45) is 1.57. The summed E-state index contributed by atoms with van der Waals surface area (Å²) >= 11 is 0. The Balaban J connectivity index is 1.96. The quantitative estimate of drug-likeness (QED) is 0.497. The fraction of sp³-hybridized carbons (Fsp3) is 0.0714. The van der Waals surface area contributed by atoms with Crippen molar-refractivity contribution in [1.29, 1.82) is 0 Å². The third-order valence-electron chi connectivity index (χ3n) is 2.65. The van der Waals surface area contributed by atoms with Crippen molar-refractivity contribution in [2.75, 3.05) is 5.43 Å². The van der Waals surface area contributed by atoms with Gasteiger partial charge in [0.25, 0.3) is 5.69 Å². The molecule has 6 nitrogen and oxygen atoms in total. The van der Waals surface area contributed by atoms with Crippen LogP contribution in [0.5, 0.6) is 0 Å². The average Bonchev–Trinajstić information content (AvgIpc) is 2.48. The van der Waals surface area contributed by atoms with Crippen molar-refractivity contribution in [1.82, 2.24) is 0 Å². The van der Waals surface area contributed by atoms with Crippen LogP contribution in [0.2, 0.25) is 0 Å². The Bertz CT molecular complexity index is 607. The second-order valence-electron chi connectivity index (χ2n) is 4.07. The Morgan fingerprint density at radius 1 is 1.15 bits per heavy atom. The molecule has 0 saturated heterocycles. The molecule has 0 radical (unpaired) electrons. The van der Waals surface area contributed by atoms with Gasteiger partial charge in [0.15, 0.2) is 0 Å². The van der Waals surface area contributed by atoms with E-state index in [1.807, 2.05) is 0 Å². The highest BCUT2D eigenvalue weighted by atomic mass is 16.6. The number of nitrogens with zero attached hydrogens (tertiary/aromatic N) is 2. The molecule has 0 aliphatic rings. The van der Waals surface area contributed by atoms with Crippen molar-refractivity contribution >= 4 is 17.6 Å². The zero-order chi connectivity index (χ0) is 14.4. The molecule has 0 aliphatic heterocycles. The summed E-state index contributed by atoms with van der Waals surface area (Å²) in [5.74, 6) is 0. The van der Waals surface area contributed by atoms with E-state index in [0.29, 0.717) is 0 Å². The fourth-order valence-electron chi connectivity index (χ4n) is 1.55. The summed E-state index contributed by atoms with van der Waals surface area (Å²) in [6, 6.07) is 13.3. The van der Waals surface area contributed by atoms with Crippen LogP contribution in [-0.4, -0.2) is 16.2 Å². The van der Waals surface area contributed by atoms with Crippen LogP contribution >= 0.6 is 0 Å². The van der Waals surface area contributed by atoms with Gasteiger partial charge in [-0.25, -0.2) is 0 Å². The zero-order valence-electron chi connectivity index (χ0n) is 10.6. The standard InChI is InChI=1S/C14H13N3O3/c18-10-12-1-5-13(6-2-12)16-15-9-11-3-7-14(8-4-11)17(19)20/h1-9,16,18H,10H2/b15-9+. The van der Waals surface area contributed by atoms with E-state index in [-0.39, 0.29) is 12.3 Å². The maximum atomic E-state index is 10.5. The molecular formula is C14H13N3O3. The lowest BCUT2D eigenvalue weighted by Gasteiger charge is -2.01. The van der Waals surface area contributed by atoms with Crippen LogP contribution in [0.25, 0.3) is 0 Å². The number of nitro groups is 1. The van der Waals surface area contributed by atoms with Crippen molar-refractivity contribution in [3.63, 3.8) is 0 Å². The maximum absolute atomic E-state index is 10.5. The highest BCUT2D eigenvalue weighted by Gasteiger charge is 2.02. The number of aliphatic hydroxyl groups is 1. The number of anilines is 1. The second kappa shape index (κ2) is 6.44. The molecule has 0 aromatic heterocycles. The first-order valence-corrected chi connectivity index (χ1v) is 5.92. The van der Waals surface area contributed by atoms with Crippen LogP contribution in [0.4, 0.5) is 11.4 Å². The van der Waals surface area contributed by atoms with Gasteiger partial charge >= 0.3 is 0 Å². The van der Waals surface area contributed by atoms with Crippen LogP contribution in [0.15, 0.2) is 53.6 Å². The molecule has 20 heavy (non-hydrogen) atoms.